The molecule has 4 aromatic carbocycles. The highest BCUT2D eigenvalue weighted by Crippen LogP contribution is 2.35. The summed E-state index contributed by atoms with van der Waals surface area (Å²) < 4.78 is 0. The molecule has 0 radical (unpaired) electrons. The molecule has 0 atom stereocenters. The van der Waals surface area contributed by atoms with Gasteiger partial charge in [0.25, 0.3) is 5.91 Å². The number of anilines is 4. The molecule has 0 bridgehead atoms. The molecular formula is C39H26Cl2N10O. The zero-order valence-electron chi connectivity index (χ0n) is 27.0. The zero-order chi connectivity index (χ0) is 35.6. The molecule has 5 heterocycles. The lowest BCUT2D eigenvalue weighted by Crippen LogP contribution is -2.12. The number of H-pyrrole nitrogens is 1. The van der Waals surface area contributed by atoms with Crippen LogP contribution in [0.5, 0.6) is 0 Å². The third-order valence-electron chi connectivity index (χ3n) is 8.36. The molecule has 252 valence electrons. The second-order valence-electron chi connectivity index (χ2n) is 11.6. The average Bonchev–Trinajstić information content (AvgIpc) is 3.70. The van der Waals surface area contributed by atoms with Gasteiger partial charge in [0.15, 0.2) is 5.82 Å². The van der Waals surface area contributed by atoms with E-state index in [1.807, 2.05) is 79.0 Å². The van der Waals surface area contributed by atoms with E-state index in [1.165, 1.54) is 6.33 Å². The molecule has 0 fully saturated rings. The van der Waals surface area contributed by atoms with E-state index < -0.39 is 5.91 Å². The van der Waals surface area contributed by atoms with Gasteiger partial charge in [-0.1, -0.05) is 59.6 Å². The van der Waals surface area contributed by atoms with E-state index in [-0.39, 0.29) is 0 Å². The molecule has 13 heteroatoms. The molecule has 0 unspecified atom stereocenters. The molecule has 52 heavy (non-hydrogen) atoms. The van der Waals surface area contributed by atoms with Gasteiger partial charge < -0.3 is 16.4 Å². The topological polar surface area (TPSA) is 160 Å². The number of aromatic amines is 1. The Morgan fingerprint density at radius 2 is 1.19 bits per heavy atom. The Labute approximate surface area is 305 Å². The van der Waals surface area contributed by atoms with Gasteiger partial charge in [0.2, 0.25) is 0 Å². The normalized spacial score (nSPS) is 11.0. The van der Waals surface area contributed by atoms with Crippen LogP contribution in [0.1, 0.15) is 10.4 Å². The number of benzene rings is 4. The van der Waals surface area contributed by atoms with Gasteiger partial charge in [-0.15, -0.1) is 0 Å². The van der Waals surface area contributed by atoms with Gasteiger partial charge in [-0.25, -0.2) is 15.0 Å². The van der Waals surface area contributed by atoms with E-state index in [0.29, 0.717) is 32.8 Å². The second-order valence-corrected chi connectivity index (χ2v) is 12.5. The quantitative estimate of drug-likeness (QED) is 0.123. The first-order valence-electron chi connectivity index (χ1n) is 16.0. The van der Waals surface area contributed by atoms with Crippen LogP contribution in [0.3, 0.4) is 0 Å². The van der Waals surface area contributed by atoms with Crippen molar-refractivity contribution in [2.24, 2.45) is 5.73 Å². The predicted molar refractivity (Wildman–Crippen MR) is 207 cm³/mol. The summed E-state index contributed by atoms with van der Waals surface area (Å²) in [5, 5.41) is 20.4. The molecule has 0 aliphatic heterocycles. The highest BCUT2D eigenvalue weighted by Gasteiger charge is 2.16. The number of nitrogens with zero attached hydrogens (tertiary/aromatic N) is 6. The average molecular weight is 722 g/mol. The fourth-order valence-electron chi connectivity index (χ4n) is 6.06. The van der Waals surface area contributed by atoms with Crippen LogP contribution < -0.4 is 16.4 Å². The molecule has 11 nitrogen and oxygen atoms in total. The summed E-state index contributed by atoms with van der Waals surface area (Å²) in [6, 6.07) is 30.1. The molecule has 9 rings (SSSR count). The number of aromatic nitrogens is 7. The SMILES string of the molecule is Clc1cccc(Nc2nc3c(-c4ncn[nH]4)cccc3c3cnccc23)c1.NC(=O)c1cccc2c1nc(Nc1cccc(Cl)c1)c1ccncc12. The van der Waals surface area contributed by atoms with Gasteiger partial charge in [-0.2, -0.15) is 5.10 Å². The third kappa shape index (κ3) is 6.37. The molecular weight excluding hydrogens is 695 g/mol. The number of carbonyl (C=O) groups is 1. The van der Waals surface area contributed by atoms with E-state index in [9.17, 15) is 4.79 Å². The number of para-hydroxylation sites is 2. The smallest absolute Gasteiger partial charge is 0.250 e. The molecule has 0 saturated heterocycles. The van der Waals surface area contributed by atoms with Crippen LogP contribution >= 0.6 is 23.2 Å². The molecule has 9 aromatic rings. The van der Waals surface area contributed by atoms with E-state index in [1.54, 1.807) is 42.9 Å². The maximum atomic E-state index is 11.8. The monoisotopic (exact) mass is 720 g/mol. The Morgan fingerprint density at radius 3 is 1.75 bits per heavy atom. The Hall–Kier alpha value is -6.69. The lowest BCUT2D eigenvalue weighted by atomic mass is 10.0. The van der Waals surface area contributed by atoms with Crippen LogP contribution in [-0.2, 0) is 0 Å². The number of primary amides is 1. The summed E-state index contributed by atoms with van der Waals surface area (Å²) in [6.07, 6.45) is 8.57. The number of halogens is 2. The van der Waals surface area contributed by atoms with Crippen LogP contribution in [0.25, 0.3) is 54.7 Å². The Bertz CT molecular complexity index is 2780. The fraction of sp³-hybridized carbons (Fsp3) is 0. The molecule has 0 aliphatic rings. The highest BCUT2D eigenvalue weighted by atomic mass is 35.5. The summed E-state index contributed by atoms with van der Waals surface area (Å²) >= 11 is 12.2. The van der Waals surface area contributed by atoms with Gasteiger partial charge in [0.1, 0.15) is 18.0 Å². The minimum absolute atomic E-state index is 0.373. The minimum Gasteiger partial charge on any atom is -0.366 e. The molecule has 0 aliphatic carbocycles. The van der Waals surface area contributed by atoms with Crippen molar-refractivity contribution in [3.63, 3.8) is 0 Å². The first-order chi connectivity index (χ1) is 25.4. The summed E-state index contributed by atoms with van der Waals surface area (Å²) in [5.41, 5.74) is 9.79. The summed E-state index contributed by atoms with van der Waals surface area (Å²) in [7, 11) is 0. The number of amides is 1. The maximum Gasteiger partial charge on any atom is 0.250 e. The largest absolute Gasteiger partial charge is 0.366 e. The summed E-state index contributed by atoms with van der Waals surface area (Å²) in [6.45, 7) is 0. The van der Waals surface area contributed by atoms with Crippen LogP contribution in [0.15, 0.2) is 128 Å². The number of rotatable bonds is 6. The van der Waals surface area contributed by atoms with Gasteiger partial charge >= 0.3 is 0 Å². The van der Waals surface area contributed by atoms with Gasteiger partial charge in [-0.3, -0.25) is 19.9 Å². The molecule has 0 saturated carbocycles. The Kier molecular flexibility index (Phi) is 8.69. The Morgan fingerprint density at radius 1 is 0.635 bits per heavy atom. The van der Waals surface area contributed by atoms with Crippen molar-refractivity contribution in [2.45, 2.75) is 0 Å². The van der Waals surface area contributed by atoms with E-state index in [0.717, 1.165) is 60.6 Å². The summed E-state index contributed by atoms with van der Waals surface area (Å²) in [5.74, 6) is 1.50. The van der Waals surface area contributed by atoms with Gasteiger partial charge in [0.05, 0.1) is 16.6 Å². The van der Waals surface area contributed by atoms with Crippen molar-refractivity contribution in [1.29, 1.82) is 0 Å². The van der Waals surface area contributed by atoms with Crippen LogP contribution in [0, 0.1) is 0 Å². The number of pyridine rings is 4. The first-order valence-corrected chi connectivity index (χ1v) is 16.7. The van der Waals surface area contributed by atoms with Crippen LogP contribution in [-0.4, -0.2) is 41.0 Å². The van der Waals surface area contributed by atoms with Gasteiger partial charge in [-0.05, 0) is 60.7 Å². The molecule has 5 N–H and O–H groups in total. The van der Waals surface area contributed by atoms with Crippen molar-refractivity contribution >= 4 is 95.5 Å². The van der Waals surface area contributed by atoms with Crippen molar-refractivity contribution in [1.82, 2.24) is 35.1 Å². The van der Waals surface area contributed by atoms with Crippen molar-refractivity contribution in [3.05, 3.63) is 144 Å². The van der Waals surface area contributed by atoms with Crippen molar-refractivity contribution in [3.8, 4) is 11.4 Å². The second kappa shape index (κ2) is 13.9. The van der Waals surface area contributed by atoms with E-state index in [4.69, 9.17) is 33.9 Å². The van der Waals surface area contributed by atoms with Crippen LogP contribution in [0.2, 0.25) is 10.0 Å². The van der Waals surface area contributed by atoms with E-state index >= 15 is 0 Å². The highest BCUT2D eigenvalue weighted by molar-refractivity contribution is 6.31. The number of hydrogen-bond acceptors (Lipinski definition) is 9. The number of fused-ring (bicyclic) bond motifs is 6. The van der Waals surface area contributed by atoms with Crippen molar-refractivity contribution < 1.29 is 4.79 Å². The third-order valence-corrected chi connectivity index (χ3v) is 8.83. The first kappa shape index (κ1) is 32.5. The lowest BCUT2D eigenvalue weighted by Gasteiger charge is -2.13. The van der Waals surface area contributed by atoms with E-state index in [2.05, 4.69) is 40.8 Å². The van der Waals surface area contributed by atoms with Crippen LogP contribution in [0.4, 0.5) is 23.0 Å². The number of nitrogens with one attached hydrogen (secondary N) is 3. The lowest BCUT2D eigenvalue weighted by molar-refractivity contribution is 0.100. The summed E-state index contributed by atoms with van der Waals surface area (Å²) in [4.78, 5) is 34.2. The zero-order valence-corrected chi connectivity index (χ0v) is 28.6. The van der Waals surface area contributed by atoms with Crippen molar-refractivity contribution in [2.75, 3.05) is 10.6 Å². The molecule has 0 spiro atoms. The Balaban J connectivity index is 0.000000149. The maximum absolute atomic E-state index is 11.8. The van der Waals surface area contributed by atoms with Gasteiger partial charge in [0, 0.05) is 84.1 Å². The molecule has 5 aromatic heterocycles. The number of carbonyl (C=O) groups excluding carboxylic acids is 1. The fourth-order valence-corrected chi connectivity index (χ4v) is 6.44. The standard InChI is InChI=1S/C20H13ClN6.C19H13ClN4O/c21-12-3-1-4-13(9-12)25-20-15-7-8-22-10-17(15)14-5-2-6-16(18(14)26-20)19-23-11-24-27-19;20-11-3-1-4-12(9-11)23-19-14-7-8-22-10-16(14)13-5-2-6-15(18(21)25)17(13)24-19/h1-11H,(H,25,26)(H,23,24,27);1-10H,(H2,21,25)(H,23,24). The minimum atomic E-state index is -0.518. The number of hydrogen-bond donors (Lipinski definition) is 4. The molecule has 1 amide bonds. The predicted octanol–water partition coefficient (Wildman–Crippen LogP) is 9.24. The number of nitrogens with two attached hydrogens (primary N) is 1.